The third-order valence-electron chi connectivity index (χ3n) is 2.08. The molecule has 0 radical (unpaired) electrons. The number of sulfonamides is 1. The van der Waals surface area contributed by atoms with Gasteiger partial charge in [-0.2, -0.15) is 5.10 Å². The van der Waals surface area contributed by atoms with Gasteiger partial charge in [0.15, 0.2) is 5.82 Å². The maximum Gasteiger partial charge on any atom is 0.263 e. The number of hydrogen-bond donors (Lipinski definition) is 2. The van der Waals surface area contributed by atoms with Crippen molar-refractivity contribution >= 4 is 15.8 Å². The molecule has 0 aliphatic heterocycles. The molecule has 2 aromatic rings. The molecular formula is C10H11N3O3S. The lowest BCUT2D eigenvalue weighted by molar-refractivity contribution is 0.473. The third-order valence-corrected chi connectivity index (χ3v) is 3.43. The van der Waals surface area contributed by atoms with Crippen molar-refractivity contribution in [3.8, 4) is 5.75 Å². The SMILES string of the molecule is Cn1ccc(NS(=O)(=O)c2cccc(O)c2)n1. The van der Waals surface area contributed by atoms with Gasteiger partial charge in [-0.05, 0) is 12.1 Å². The molecule has 0 aliphatic rings. The van der Waals surface area contributed by atoms with Gasteiger partial charge in [0.2, 0.25) is 0 Å². The second-order valence-corrected chi connectivity index (χ2v) is 5.16. The number of phenols is 1. The van der Waals surface area contributed by atoms with Crippen LogP contribution < -0.4 is 4.72 Å². The van der Waals surface area contributed by atoms with Gasteiger partial charge in [-0.25, -0.2) is 8.42 Å². The molecule has 0 atom stereocenters. The lowest BCUT2D eigenvalue weighted by Gasteiger charge is -2.05. The Hall–Kier alpha value is -2.02. The number of phenolic OH excluding ortho intramolecular Hbond substituents is 1. The van der Waals surface area contributed by atoms with Gasteiger partial charge in [-0.1, -0.05) is 6.07 Å². The maximum atomic E-state index is 11.9. The van der Waals surface area contributed by atoms with Gasteiger partial charge >= 0.3 is 0 Å². The zero-order chi connectivity index (χ0) is 12.5. The number of aryl methyl sites for hydroxylation is 1. The van der Waals surface area contributed by atoms with Gasteiger partial charge in [0.05, 0.1) is 4.90 Å². The number of anilines is 1. The predicted octanol–water partition coefficient (Wildman–Crippen LogP) is 0.926. The second-order valence-electron chi connectivity index (χ2n) is 3.48. The van der Waals surface area contributed by atoms with Crippen LogP contribution in [0, 0.1) is 0 Å². The van der Waals surface area contributed by atoms with E-state index in [1.54, 1.807) is 19.3 Å². The van der Waals surface area contributed by atoms with E-state index in [4.69, 9.17) is 0 Å². The number of benzene rings is 1. The molecule has 0 saturated carbocycles. The molecular weight excluding hydrogens is 242 g/mol. The van der Waals surface area contributed by atoms with E-state index in [0.717, 1.165) is 0 Å². The van der Waals surface area contributed by atoms with Crippen molar-refractivity contribution in [3.63, 3.8) is 0 Å². The Balaban J connectivity index is 2.31. The first-order valence-electron chi connectivity index (χ1n) is 4.79. The van der Waals surface area contributed by atoms with Crippen LogP contribution in [-0.4, -0.2) is 23.3 Å². The second kappa shape index (κ2) is 4.10. The molecule has 0 saturated heterocycles. The van der Waals surface area contributed by atoms with Gasteiger partial charge in [-0.15, -0.1) is 0 Å². The van der Waals surface area contributed by atoms with E-state index < -0.39 is 10.0 Å². The van der Waals surface area contributed by atoms with E-state index in [9.17, 15) is 13.5 Å². The van der Waals surface area contributed by atoms with Crippen LogP contribution >= 0.6 is 0 Å². The summed E-state index contributed by atoms with van der Waals surface area (Å²) in [6.07, 6.45) is 1.63. The minimum Gasteiger partial charge on any atom is -0.508 e. The molecule has 1 aromatic carbocycles. The summed E-state index contributed by atoms with van der Waals surface area (Å²) in [5.41, 5.74) is 0. The van der Waals surface area contributed by atoms with E-state index in [0.29, 0.717) is 0 Å². The molecule has 2 N–H and O–H groups in total. The minimum absolute atomic E-state index is 0.0110. The summed E-state index contributed by atoms with van der Waals surface area (Å²) in [6.45, 7) is 0. The van der Waals surface area contributed by atoms with Crippen molar-refractivity contribution in [1.82, 2.24) is 9.78 Å². The van der Waals surface area contributed by atoms with Crippen molar-refractivity contribution in [2.75, 3.05) is 4.72 Å². The zero-order valence-electron chi connectivity index (χ0n) is 9.03. The van der Waals surface area contributed by atoms with Crippen LogP contribution in [0.4, 0.5) is 5.82 Å². The van der Waals surface area contributed by atoms with Gasteiger partial charge in [-0.3, -0.25) is 9.40 Å². The summed E-state index contributed by atoms with van der Waals surface area (Å²) < 4.78 is 27.6. The highest BCUT2D eigenvalue weighted by molar-refractivity contribution is 7.92. The molecule has 1 aromatic heterocycles. The quantitative estimate of drug-likeness (QED) is 0.852. The van der Waals surface area contributed by atoms with Crippen LogP contribution in [0.2, 0.25) is 0 Å². The minimum atomic E-state index is -3.71. The van der Waals surface area contributed by atoms with Crippen LogP contribution in [0.15, 0.2) is 41.4 Å². The van der Waals surface area contributed by atoms with Gasteiger partial charge in [0, 0.05) is 25.4 Å². The normalized spacial score (nSPS) is 11.4. The molecule has 1 heterocycles. The number of nitrogens with one attached hydrogen (secondary N) is 1. The first kappa shape index (κ1) is 11.5. The third kappa shape index (κ3) is 2.56. The van der Waals surface area contributed by atoms with Gasteiger partial charge < -0.3 is 5.11 Å². The predicted molar refractivity (Wildman–Crippen MR) is 62.1 cm³/mol. The number of nitrogens with zero attached hydrogens (tertiary/aromatic N) is 2. The summed E-state index contributed by atoms with van der Waals surface area (Å²) in [6, 6.07) is 6.97. The molecule has 0 spiro atoms. The fraction of sp³-hybridized carbons (Fsp3) is 0.100. The number of hydrogen-bond acceptors (Lipinski definition) is 4. The lowest BCUT2D eigenvalue weighted by atomic mass is 10.3. The first-order valence-corrected chi connectivity index (χ1v) is 6.27. The molecule has 6 nitrogen and oxygen atoms in total. The molecule has 0 amide bonds. The van der Waals surface area contributed by atoms with Crippen LogP contribution in [-0.2, 0) is 17.1 Å². The van der Waals surface area contributed by atoms with Gasteiger partial charge in [0.25, 0.3) is 10.0 Å². The standard InChI is InChI=1S/C10H11N3O3S/c1-13-6-5-10(11-13)12-17(15,16)9-4-2-3-8(14)7-9/h2-7,14H,1H3,(H,11,12). The Bertz CT molecular complexity index is 634. The van der Waals surface area contributed by atoms with Crippen LogP contribution in [0.1, 0.15) is 0 Å². The molecule has 0 fully saturated rings. The monoisotopic (exact) mass is 253 g/mol. The highest BCUT2D eigenvalue weighted by Crippen LogP contribution is 2.18. The van der Waals surface area contributed by atoms with Crippen LogP contribution in [0.5, 0.6) is 5.75 Å². The topological polar surface area (TPSA) is 84.2 Å². The lowest BCUT2D eigenvalue weighted by Crippen LogP contribution is -2.13. The first-order chi connectivity index (χ1) is 7.97. The molecule has 2 rings (SSSR count). The largest absolute Gasteiger partial charge is 0.508 e. The Morgan fingerprint density at radius 3 is 2.71 bits per heavy atom. The van der Waals surface area contributed by atoms with E-state index in [1.807, 2.05) is 0 Å². The summed E-state index contributed by atoms with van der Waals surface area (Å²) in [7, 11) is -2.02. The smallest absolute Gasteiger partial charge is 0.263 e. The van der Waals surface area contributed by atoms with Crippen LogP contribution in [0.25, 0.3) is 0 Å². The van der Waals surface area contributed by atoms with Gasteiger partial charge in [0.1, 0.15) is 5.75 Å². The van der Waals surface area contributed by atoms with Crippen molar-refractivity contribution < 1.29 is 13.5 Å². The summed E-state index contributed by atoms with van der Waals surface area (Å²) in [5.74, 6) is 0.129. The highest BCUT2D eigenvalue weighted by atomic mass is 32.2. The average molecular weight is 253 g/mol. The summed E-state index contributed by atoms with van der Waals surface area (Å²) in [4.78, 5) is -0.0110. The molecule has 7 heteroatoms. The number of rotatable bonds is 3. The van der Waals surface area contributed by atoms with E-state index in [-0.39, 0.29) is 16.5 Å². The molecule has 0 unspecified atom stereocenters. The van der Waals surface area contributed by atoms with E-state index in [2.05, 4.69) is 9.82 Å². The Morgan fingerprint density at radius 2 is 2.12 bits per heavy atom. The van der Waals surface area contributed by atoms with Crippen molar-refractivity contribution in [1.29, 1.82) is 0 Å². The fourth-order valence-electron chi connectivity index (χ4n) is 1.32. The van der Waals surface area contributed by atoms with E-state index in [1.165, 1.54) is 28.9 Å². The van der Waals surface area contributed by atoms with Crippen molar-refractivity contribution in [2.24, 2.45) is 7.05 Å². The average Bonchev–Trinajstić information content (AvgIpc) is 2.63. The van der Waals surface area contributed by atoms with Crippen LogP contribution in [0.3, 0.4) is 0 Å². The fourth-order valence-corrected chi connectivity index (χ4v) is 2.35. The summed E-state index contributed by atoms with van der Waals surface area (Å²) in [5, 5.41) is 13.1. The van der Waals surface area contributed by atoms with E-state index >= 15 is 0 Å². The van der Waals surface area contributed by atoms with Crippen molar-refractivity contribution in [2.45, 2.75) is 4.90 Å². The summed E-state index contributed by atoms with van der Waals surface area (Å²) >= 11 is 0. The zero-order valence-corrected chi connectivity index (χ0v) is 9.85. The highest BCUT2D eigenvalue weighted by Gasteiger charge is 2.15. The molecule has 0 aliphatic carbocycles. The Morgan fingerprint density at radius 1 is 1.35 bits per heavy atom. The maximum absolute atomic E-state index is 11.9. The number of aromatic nitrogens is 2. The molecule has 90 valence electrons. The molecule has 0 bridgehead atoms. The molecule has 17 heavy (non-hydrogen) atoms. The Kier molecular flexibility index (Phi) is 2.76. The number of aromatic hydroxyl groups is 1. The Labute approximate surface area is 98.6 Å². The van der Waals surface area contributed by atoms with Crippen molar-refractivity contribution in [3.05, 3.63) is 36.5 Å².